The lowest BCUT2D eigenvalue weighted by atomic mass is 9.79. The van der Waals surface area contributed by atoms with Crippen LogP contribution in [0.15, 0.2) is 48.5 Å². The molecule has 0 unspecified atom stereocenters. The summed E-state index contributed by atoms with van der Waals surface area (Å²) in [5.41, 5.74) is 0.357. The van der Waals surface area contributed by atoms with Crippen LogP contribution >= 0.6 is 7.60 Å². The van der Waals surface area contributed by atoms with Crippen LogP contribution in [-0.4, -0.2) is 28.1 Å². The van der Waals surface area contributed by atoms with E-state index in [-0.39, 0.29) is 11.9 Å². The van der Waals surface area contributed by atoms with Crippen molar-refractivity contribution in [1.29, 1.82) is 0 Å². The van der Waals surface area contributed by atoms with Crippen LogP contribution in [-0.2, 0) is 20.5 Å². The number of hydrogen-bond acceptors (Lipinski definition) is 4. The maximum Gasteiger partial charge on any atom is 0.494 e. The van der Waals surface area contributed by atoms with E-state index in [9.17, 15) is 14.4 Å². The minimum Gasteiger partial charge on any atom is -0.489 e. The number of hydrogen-bond donors (Lipinski definition) is 2. The second kappa shape index (κ2) is 7.08. The first-order chi connectivity index (χ1) is 12.5. The van der Waals surface area contributed by atoms with E-state index < -0.39 is 25.9 Å². The SMILES string of the molecule is CC1(C)OB(c2cc(OCc3ccccc3)cc(P(=O)(O)O)c2)OC1(C)C. The molecule has 1 saturated heterocycles. The Labute approximate surface area is 159 Å². The summed E-state index contributed by atoms with van der Waals surface area (Å²) >= 11 is 0. The lowest BCUT2D eigenvalue weighted by Crippen LogP contribution is -2.41. The molecule has 3 rings (SSSR count). The first kappa shape index (κ1) is 20.1. The summed E-state index contributed by atoms with van der Waals surface area (Å²) in [7, 11) is -5.20. The van der Waals surface area contributed by atoms with Crippen molar-refractivity contribution in [2.45, 2.75) is 45.5 Å². The molecule has 2 aromatic carbocycles. The lowest BCUT2D eigenvalue weighted by Gasteiger charge is -2.32. The van der Waals surface area contributed by atoms with E-state index in [0.29, 0.717) is 11.2 Å². The first-order valence-corrected chi connectivity index (χ1v) is 10.3. The van der Waals surface area contributed by atoms with Crippen LogP contribution in [0.25, 0.3) is 0 Å². The largest absolute Gasteiger partial charge is 0.494 e. The van der Waals surface area contributed by atoms with Gasteiger partial charge in [-0.1, -0.05) is 30.3 Å². The fourth-order valence-corrected chi connectivity index (χ4v) is 3.33. The molecule has 8 heteroatoms. The highest BCUT2D eigenvalue weighted by Crippen LogP contribution is 2.38. The van der Waals surface area contributed by atoms with Gasteiger partial charge in [-0.15, -0.1) is 0 Å². The Bertz CT molecular complexity index is 846. The monoisotopic (exact) mass is 390 g/mol. The fourth-order valence-electron chi connectivity index (χ4n) is 2.71. The van der Waals surface area contributed by atoms with Crippen molar-refractivity contribution in [3.8, 4) is 5.75 Å². The molecule has 0 spiro atoms. The summed E-state index contributed by atoms with van der Waals surface area (Å²) in [4.78, 5) is 19.3. The minimum atomic E-state index is -4.46. The summed E-state index contributed by atoms with van der Waals surface area (Å²) in [5.74, 6) is 0.351. The Kier molecular flexibility index (Phi) is 5.27. The van der Waals surface area contributed by atoms with Gasteiger partial charge < -0.3 is 23.8 Å². The molecule has 0 atom stereocenters. The maximum absolute atomic E-state index is 11.8. The molecule has 0 bridgehead atoms. The molecule has 6 nitrogen and oxygen atoms in total. The molecule has 0 aromatic heterocycles. The molecule has 0 amide bonds. The van der Waals surface area contributed by atoms with Crippen molar-refractivity contribution in [3.63, 3.8) is 0 Å². The topological polar surface area (TPSA) is 85.2 Å². The summed E-state index contributed by atoms with van der Waals surface area (Å²) < 4.78 is 29.6. The summed E-state index contributed by atoms with van der Waals surface area (Å²) in [6.45, 7) is 7.98. The Morgan fingerprint density at radius 2 is 1.59 bits per heavy atom. The molecule has 2 N–H and O–H groups in total. The predicted octanol–water partition coefficient (Wildman–Crippen LogP) is 2.37. The Morgan fingerprint density at radius 1 is 1.00 bits per heavy atom. The van der Waals surface area contributed by atoms with Crippen molar-refractivity contribution >= 4 is 25.5 Å². The van der Waals surface area contributed by atoms with Crippen LogP contribution in [0.5, 0.6) is 5.75 Å². The van der Waals surface area contributed by atoms with Gasteiger partial charge in [0.2, 0.25) is 0 Å². The molecule has 0 saturated carbocycles. The molecule has 1 aliphatic rings. The van der Waals surface area contributed by atoms with Crippen LogP contribution in [0.3, 0.4) is 0 Å². The van der Waals surface area contributed by atoms with Crippen LogP contribution in [0.4, 0.5) is 0 Å². The van der Waals surface area contributed by atoms with E-state index in [1.54, 1.807) is 6.07 Å². The normalized spacial score (nSPS) is 18.5. The van der Waals surface area contributed by atoms with Gasteiger partial charge >= 0.3 is 14.7 Å². The van der Waals surface area contributed by atoms with Gasteiger partial charge in [0.25, 0.3) is 0 Å². The number of benzene rings is 2. The second-order valence-corrected chi connectivity index (χ2v) is 9.27. The minimum absolute atomic E-state index is 0.127. The van der Waals surface area contributed by atoms with E-state index in [2.05, 4.69) is 0 Å². The van der Waals surface area contributed by atoms with Crippen LogP contribution in [0.1, 0.15) is 33.3 Å². The van der Waals surface area contributed by atoms with Gasteiger partial charge in [-0.25, -0.2) is 0 Å². The molecule has 1 heterocycles. The number of ether oxygens (including phenoxy) is 1. The zero-order valence-corrected chi connectivity index (χ0v) is 16.8. The van der Waals surface area contributed by atoms with E-state index in [4.69, 9.17) is 14.0 Å². The van der Waals surface area contributed by atoms with E-state index >= 15 is 0 Å². The molecule has 2 aromatic rings. The van der Waals surface area contributed by atoms with Crippen LogP contribution in [0, 0.1) is 0 Å². The van der Waals surface area contributed by atoms with Crippen LogP contribution in [0.2, 0.25) is 0 Å². The van der Waals surface area contributed by atoms with Crippen molar-refractivity contribution in [2.75, 3.05) is 0 Å². The van der Waals surface area contributed by atoms with Gasteiger partial charge in [-0.2, -0.15) is 0 Å². The summed E-state index contributed by atoms with van der Waals surface area (Å²) in [6.07, 6.45) is 0. The molecular weight excluding hydrogens is 366 g/mol. The van der Waals surface area contributed by atoms with Crippen LogP contribution < -0.4 is 15.5 Å². The van der Waals surface area contributed by atoms with E-state index in [1.165, 1.54) is 12.1 Å². The molecule has 1 fully saturated rings. The molecule has 1 aliphatic heterocycles. The van der Waals surface area contributed by atoms with Crippen molar-refractivity contribution in [1.82, 2.24) is 0 Å². The highest BCUT2D eigenvalue weighted by Gasteiger charge is 2.52. The first-order valence-electron chi connectivity index (χ1n) is 8.71. The molecule has 0 aliphatic carbocycles. The average molecular weight is 390 g/mol. The maximum atomic E-state index is 11.8. The van der Waals surface area contributed by atoms with E-state index in [0.717, 1.165) is 5.56 Å². The predicted molar refractivity (Wildman–Crippen MR) is 105 cm³/mol. The van der Waals surface area contributed by atoms with Gasteiger partial charge in [0, 0.05) is 0 Å². The lowest BCUT2D eigenvalue weighted by molar-refractivity contribution is 0.00578. The third-order valence-electron chi connectivity index (χ3n) is 5.02. The number of rotatable bonds is 5. The van der Waals surface area contributed by atoms with Gasteiger partial charge in [0.15, 0.2) is 0 Å². The quantitative estimate of drug-likeness (QED) is 0.603. The zero-order chi connectivity index (χ0) is 19.9. The van der Waals surface area contributed by atoms with E-state index in [1.807, 2.05) is 58.0 Å². The third kappa shape index (κ3) is 4.45. The van der Waals surface area contributed by atoms with Crippen molar-refractivity contribution < 1.29 is 28.4 Å². The molecular formula is C19H24BO6P. The van der Waals surface area contributed by atoms with Gasteiger partial charge in [0.05, 0.1) is 16.5 Å². The summed E-state index contributed by atoms with van der Waals surface area (Å²) in [5, 5.41) is -0.127. The van der Waals surface area contributed by atoms with Crippen molar-refractivity contribution in [2.24, 2.45) is 0 Å². The smallest absolute Gasteiger partial charge is 0.489 e. The third-order valence-corrected chi connectivity index (χ3v) is 5.95. The average Bonchev–Trinajstić information content (AvgIpc) is 2.81. The molecule has 144 valence electrons. The van der Waals surface area contributed by atoms with Gasteiger partial charge in [-0.3, -0.25) is 4.57 Å². The molecule has 27 heavy (non-hydrogen) atoms. The standard InChI is InChI=1S/C19H24BO6P/c1-18(2)19(3,4)26-20(25-18)15-10-16(12-17(11-15)27(21,22)23)24-13-14-8-6-5-7-9-14/h5-12H,13H2,1-4H3,(H2,21,22,23). The van der Waals surface area contributed by atoms with Crippen molar-refractivity contribution in [3.05, 3.63) is 54.1 Å². The Morgan fingerprint density at radius 3 is 2.15 bits per heavy atom. The molecule has 0 radical (unpaired) electrons. The Hall–Kier alpha value is -1.63. The highest BCUT2D eigenvalue weighted by atomic mass is 31.2. The second-order valence-electron chi connectivity index (χ2n) is 7.67. The highest BCUT2D eigenvalue weighted by molar-refractivity contribution is 7.60. The summed E-state index contributed by atoms with van der Waals surface area (Å²) in [6, 6.07) is 14.0. The Balaban J connectivity index is 1.91. The van der Waals surface area contributed by atoms with Gasteiger partial charge in [0.1, 0.15) is 12.4 Å². The fraction of sp³-hybridized carbons (Fsp3) is 0.368. The van der Waals surface area contributed by atoms with Gasteiger partial charge in [-0.05, 0) is 56.9 Å². The zero-order valence-electron chi connectivity index (χ0n) is 15.9.